The van der Waals surface area contributed by atoms with Crippen molar-refractivity contribution in [3.8, 4) is 0 Å². The summed E-state index contributed by atoms with van der Waals surface area (Å²) in [6.07, 6.45) is 2.81. The van der Waals surface area contributed by atoms with Gasteiger partial charge in [0, 0.05) is 17.2 Å². The minimum absolute atomic E-state index is 0.0180. The zero-order valence-electron chi connectivity index (χ0n) is 17.4. The van der Waals surface area contributed by atoms with Crippen LogP contribution in [0.4, 0.5) is 5.69 Å². The molecule has 30 heavy (non-hydrogen) atoms. The average molecular weight is 405 g/mol. The second-order valence-electron chi connectivity index (χ2n) is 8.65. The summed E-state index contributed by atoms with van der Waals surface area (Å²) >= 11 is 0. The molecule has 0 unspecified atom stereocenters. The van der Waals surface area contributed by atoms with Crippen LogP contribution >= 0.6 is 0 Å². The number of Topliss-reactive ketones (excluding diaryl/α,β-unsaturated/α-hetero) is 1. The van der Waals surface area contributed by atoms with Crippen LogP contribution in [-0.2, 0) is 14.3 Å². The molecule has 1 amide bonds. The maximum atomic E-state index is 13.1. The number of anilines is 1. The fraction of sp³-hybridized carbons (Fsp3) is 0.400. The first-order valence-electron chi connectivity index (χ1n) is 10.6. The molecule has 4 atom stereocenters. The quantitative estimate of drug-likeness (QED) is 0.573. The van der Waals surface area contributed by atoms with E-state index in [-0.39, 0.29) is 36.1 Å². The molecule has 5 nitrogen and oxygen atoms in total. The van der Waals surface area contributed by atoms with Gasteiger partial charge in [0.1, 0.15) is 0 Å². The monoisotopic (exact) mass is 405 g/mol. The van der Waals surface area contributed by atoms with Gasteiger partial charge < -0.3 is 10.1 Å². The number of fused-ring (bicyclic) bond motifs is 2. The van der Waals surface area contributed by atoms with Crippen molar-refractivity contribution in [1.29, 1.82) is 0 Å². The number of ketones is 1. The number of esters is 1. The van der Waals surface area contributed by atoms with E-state index in [0.717, 1.165) is 30.4 Å². The highest BCUT2D eigenvalue weighted by Gasteiger charge is 2.54. The van der Waals surface area contributed by atoms with Gasteiger partial charge in [0.25, 0.3) is 5.91 Å². The third-order valence-corrected chi connectivity index (χ3v) is 6.40. The van der Waals surface area contributed by atoms with E-state index >= 15 is 0 Å². The predicted molar refractivity (Wildman–Crippen MR) is 114 cm³/mol. The van der Waals surface area contributed by atoms with E-state index in [0.29, 0.717) is 11.3 Å². The molecule has 2 fully saturated rings. The molecule has 0 aliphatic heterocycles. The molecule has 0 radical (unpaired) electrons. The van der Waals surface area contributed by atoms with Gasteiger partial charge >= 0.3 is 5.97 Å². The lowest BCUT2D eigenvalue weighted by Gasteiger charge is -2.28. The van der Waals surface area contributed by atoms with Crippen LogP contribution in [0.2, 0.25) is 0 Å². The van der Waals surface area contributed by atoms with Gasteiger partial charge in [-0.05, 0) is 68.2 Å². The van der Waals surface area contributed by atoms with Gasteiger partial charge in [-0.2, -0.15) is 0 Å². The molecule has 0 saturated heterocycles. The highest BCUT2D eigenvalue weighted by molar-refractivity contribution is 6.01. The maximum Gasteiger partial charge on any atom is 0.310 e. The van der Waals surface area contributed by atoms with E-state index in [4.69, 9.17) is 4.74 Å². The van der Waals surface area contributed by atoms with Crippen molar-refractivity contribution in [2.24, 2.45) is 23.7 Å². The molecule has 2 aromatic carbocycles. The van der Waals surface area contributed by atoms with Gasteiger partial charge in [0.15, 0.2) is 12.4 Å². The SMILES string of the molecule is Cc1cc(C)cc(NC(=O)COC(=O)[C@H]2[C@H]3CC[C@@H](C3)[C@@H]2C(=O)c2ccccc2)c1. The summed E-state index contributed by atoms with van der Waals surface area (Å²) in [5.41, 5.74) is 3.42. The van der Waals surface area contributed by atoms with Crippen molar-refractivity contribution in [3.63, 3.8) is 0 Å². The van der Waals surface area contributed by atoms with Crippen LogP contribution in [0.25, 0.3) is 0 Å². The summed E-state index contributed by atoms with van der Waals surface area (Å²) in [4.78, 5) is 38.3. The highest BCUT2D eigenvalue weighted by atomic mass is 16.5. The molecule has 0 aromatic heterocycles. The Labute approximate surface area is 176 Å². The van der Waals surface area contributed by atoms with Crippen molar-refractivity contribution < 1.29 is 19.1 Å². The lowest BCUT2D eigenvalue weighted by Crippen LogP contribution is -2.37. The lowest BCUT2D eigenvalue weighted by molar-refractivity contribution is -0.154. The molecule has 156 valence electrons. The number of benzene rings is 2. The summed E-state index contributed by atoms with van der Waals surface area (Å²) in [7, 11) is 0. The van der Waals surface area contributed by atoms with Crippen LogP contribution < -0.4 is 5.32 Å². The van der Waals surface area contributed by atoms with Crippen molar-refractivity contribution >= 4 is 23.3 Å². The fourth-order valence-corrected chi connectivity index (χ4v) is 5.28. The Morgan fingerprint density at radius 3 is 2.23 bits per heavy atom. The van der Waals surface area contributed by atoms with Crippen LogP contribution in [0, 0.1) is 37.5 Å². The molecule has 5 heteroatoms. The van der Waals surface area contributed by atoms with Gasteiger partial charge in [0.05, 0.1) is 5.92 Å². The topological polar surface area (TPSA) is 72.5 Å². The van der Waals surface area contributed by atoms with E-state index in [1.807, 2.05) is 50.2 Å². The first kappa shape index (κ1) is 20.3. The van der Waals surface area contributed by atoms with E-state index in [2.05, 4.69) is 5.32 Å². The predicted octanol–water partition coefficient (Wildman–Crippen LogP) is 4.33. The fourth-order valence-electron chi connectivity index (χ4n) is 5.28. The zero-order chi connectivity index (χ0) is 21.3. The molecule has 0 heterocycles. The summed E-state index contributed by atoms with van der Waals surface area (Å²) in [5.74, 6) is -1.18. The smallest absolute Gasteiger partial charge is 0.310 e. The molecule has 0 spiro atoms. The van der Waals surface area contributed by atoms with Crippen LogP contribution in [0.3, 0.4) is 0 Å². The van der Waals surface area contributed by atoms with E-state index < -0.39 is 11.9 Å². The summed E-state index contributed by atoms with van der Waals surface area (Å²) in [5, 5.41) is 2.78. The number of rotatable bonds is 6. The first-order valence-corrected chi connectivity index (χ1v) is 10.6. The van der Waals surface area contributed by atoms with Crippen molar-refractivity contribution in [2.75, 3.05) is 11.9 Å². The average Bonchev–Trinajstić information content (AvgIpc) is 3.33. The van der Waals surface area contributed by atoms with Gasteiger partial charge in [-0.1, -0.05) is 36.4 Å². The molecule has 2 aromatic rings. The van der Waals surface area contributed by atoms with Crippen molar-refractivity contribution in [1.82, 2.24) is 0 Å². The second kappa shape index (κ2) is 8.42. The zero-order valence-corrected chi connectivity index (χ0v) is 17.4. The molecular formula is C25H27NO4. The number of hydrogen-bond acceptors (Lipinski definition) is 4. The van der Waals surface area contributed by atoms with Gasteiger partial charge in [-0.15, -0.1) is 0 Å². The standard InChI is InChI=1S/C25H27NO4/c1-15-10-16(2)12-20(11-15)26-21(27)14-30-25(29)23-19-9-8-18(13-19)22(23)24(28)17-6-4-3-5-7-17/h3-7,10-12,18-19,22-23H,8-9,13-14H2,1-2H3,(H,26,27)/t18-,19-,22-,23-/m0/s1. The van der Waals surface area contributed by atoms with Crippen LogP contribution in [0.5, 0.6) is 0 Å². The van der Waals surface area contributed by atoms with E-state index in [9.17, 15) is 14.4 Å². The second-order valence-corrected chi connectivity index (χ2v) is 8.65. The van der Waals surface area contributed by atoms with Gasteiger partial charge in [-0.3, -0.25) is 14.4 Å². The molecule has 4 rings (SSSR count). The summed E-state index contributed by atoms with van der Waals surface area (Å²) in [6, 6.07) is 14.9. The largest absolute Gasteiger partial charge is 0.455 e. The molecule has 2 saturated carbocycles. The minimum Gasteiger partial charge on any atom is -0.455 e. The Hall–Kier alpha value is -2.95. The molecule has 2 aliphatic carbocycles. The third-order valence-electron chi connectivity index (χ3n) is 6.40. The normalized spacial score (nSPS) is 24.5. The molecule has 2 aliphatic rings. The van der Waals surface area contributed by atoms with Crippen molar-refractivity contribution in [2.45, 2.75) is 33.1 Å². The third kappa shape index (κ3) is 4.16. The Morgan fingerprint density at radius 1 is 0.933 bits per heavy atom. The van der Waals surface area contributed by atoms with E-state index in [1.54, 1.807) is 12.1 Å². The van der Waals surface area contributed by atoms with Gasteiger partial charge in [-0.25, -0.2) is 0 Å². The Kier molecular flexibility index (Phi) is 5.71. The van der Waals surface area contributed by atoms with Crippen LogP contribution in [0.1, 0.15) is 40.7 Å². The van der Waals surface area contributed by atoms with Crippen LogP contribution in [0.15, 0.2) is 48.5 Å². The molecule has 1 N–H and O–H groups in total. The molecular weight excluding hydrogens is 378 g/mol. The van der Waals surface area contributed by atoms with Crippen LogP contribution in [-0.4, -0.2) is 24.3 Å². The Morgan fingerprint density at radius 2 is 1.57 bits per heavy atom. The highest BCUT2D eigenvalue weighted by Crippen LogP contribution is 2.53. The molecule has 2 bridgehead atoms. The number of aryl methyl sites for hydroxylation is 2. The Bertz CT molecular complexity index is 948. The lowest BCUT2D eigenvalue weighted by atomic mass is 9.75. The maximum absolute atomic E-state index is 13.1. The minimum atomic E-state index is -0.453. The number of amides is 1. The first-order chi connectivity index (χ1) is 14.4. The van der Waals surface area contributed by atoms with Crippen molar-refractivity contribution in [3.05, 3.63) is 65.2 Å². The summed E-state index contributed by atoms with van der Waals surface area (Å²) in [6.45, 7) is 3.58. The van der Waals surface area contributed by atoms with Gasteiger partial charge in [0.2, 0.25) is 0 Å². The number of nitrogens with one attached hydrogen (secondary N) is 1. The number of carbonyl (C=O) groups is 3. The number of hydrogen-bond donors (Lipinski definition) is 1. The summed E-state index contributed by atoms with van der Waals surface area (Å²) < 4.78 is 5.39. The Balaban J connectivity index is 1.40. The number of ether oxygens (including phenoxy) is 1. The number of carbonyl (C=O) groups excluding carboxylic acids is 3. The van der Waals surface area contributed by atoms with E-state index in [1.165, 1.54) is 0 Å².